The third-order valence-corrected chi connectivity index (χ3v) is 13.1. The first kappa shape index (κ1) is 47.0. The standard InChI is InChI=1S/C50H65N4O5.Mg/c1-12-34-30(7)37-24-39-32(9)36(20-21-43(55)59-23-22-29(6)19-15-18-28(5)17-14-16-27(3)4)47(53-39)45-46(50(57)58-11)49(56)44-33(10)40(54-48(44)45)26-42-35(13-2)31(8)38(52-42)25-41(34)51-37;/h22,24-28,32,36,46H,12-21,23H2,1-11H3,(H-,53,54,56);/q-3;+2/p-1/b29-22-,38-25-,39-24-,42-26-;/t28-,32+,36+,46-;/m1./s1. The first-order valence-corrected chi connectivity index (χ1v) is 22.0. The van der Waals surface area contributed by atoms with Crippen molar-refractivity contribution < 1.29 is 23.9 Å². The summed E-state index contributed by atoms with van der Waals surface area (Å²) in [6, 6.07) is 0. The fourth-order valence-corrected chi connectivity index (χ4v) is 9.34. The zero-order valence-electron chi connectivity index (χ0n) is 38.0. The van der Waals surface area contributed by atoms with Crippen molar-refractivity contribution in [3.8, 4) is 0 Å². The second-order valence-electron chi connectivity index (χ2n) is 17.6. The normalized spacial score (nSPS) is 22.0. The van der Waals surface area contributed by atoms with Crippen LogP contribution in [0, 0.1) is 50.4 Å². The largest absolute Gasteiger partial charge is 2.00 e. The molecule has 2 aliphatic heterocycles. The Balaban J connectivity index is 0.00000683. The number of methoxy groups -OCH3 is 1. The van der Waals surface area contributed by atoms with Crippen molar-refractivity contribution in [3.05, 3.63) is 95.2 Å². The molecule has 1 fully saturated rings. The average molecular weight is 825 g/mol. The van der Waals surface area contributed by atoms with Crippen molar-refractivity contribution in [2.75, 3.05) is 13.7 Å². The Hall–Kier alpha value is -4.02. The Bertz CT molecular complexity index is 2310. The molecular weight excluding hydrogens is 761 g/mol. The van der Waals surface area contributed by atoms with Gasteiger partial charge in [-0.1, -0.05) is 124 Å². The number of nitrogens with zero attached hydrogens (tertiary/aromatic N) is 4. The SMILES string of the molecule is CCc1c2[n-]c(c1C)/C=C1\[N-]/C(=C3\c4[n-]c(c(C)c4C(=O)[C@@H]3C(=O)OC)/C=c3\[n-]/c(c(C)c3CC)=C\2)[C@@H](CCC(=O)OC/C=C(/C)CCC[C@H](C)CCCC(C)C)[C@@H]1C.[Mg+2]. The molecule has 4 atom stereocenters. The van der Waals surface area contributed by atoms with Gasteiger partial charge >= 0.3 is 35.0 Å². The van der Waals surface area contributed by atoms with E-state index in [1.165, 1.54) is 38.4 Å². The summed E-state index contributed by atoms with van der Waals surface area (Å²) >= 11 is 0. The molecule has 0 saturated carbocycles. The molecule has 0 radical (unpaired) electrons. The molecule has 318 valence electrons. The summed E-state index contributed by atoms with van der Waals surface area (Å²) in [5.41, 5.74) is 11.4. The summed E-state index contributed by atoms with van der Waals surface area (Å²) in [4.78, 5) is 56.5. The molecule has 1 aliphatic carbocycles. The molecule has 9 nitrogen and oxygen atoms in total. The number of aromatic nitrogens is 3. The molecule has 60 heavy (non-hydrogen) atoms. The van der Waals surface area contributed by atoms with E-state index in [1.54, 1.807) is 0 Å². The third kappa shape index (κ3) is 9.70. The fourth-order valence-electron chi connectivity index (χ4n) is 9.34. The number of esters is 2. The number of ketones is 1. The molecule has 6 rings (SSSR count). The summed E-state index contributed by atoms with van der Waals surface area (Å²) in [5.74, 6) is -1.46. The molecule has 0 N–H and O–H groups in total. The second kappa shape index (κ2) is 20.2. The van der Waals surface area contributed by atoms with Crippen LogP contribution in [-0.2, 0) is 31.9 Å². The van der Waals surface area contributed by atoms with Gasteiger partial charge in [-0.25, -0.2) is 0 Å². The van der Waals surface area contributed by atoms with Crippen LogP contribution in [0.15, 0.2) is 23.0 Å². The molecular formula is C50H64MgN4O5-2. The van der Waals surface area contributed by atoms with Crippen LogP contribution >= 0.6 is 0 Å². The summed E-state index contributed by atoms with van der Waals surface area (Å²) in [6.45, 7) is 21.7. The first-order chi connectivity index (χ1) is 28.2. The number of hydrogen-bond donors (Lipinski definition) is 0. The summed E-state index contributed by atoms with van der Waals surface area (Å²) in [5, 5.41) is 6.92. The van der Waals surface area contributed by atoms with E-state index in [9.17, 15) is 14.4 Å². The van der Waals surface area contributed by atoms with E-state index in [1.807, 2.05) is 25.2 Å². The number of carbonyl (C=O) groups is 3. The number of hydrogen-bond acceptors (Lipinski definition) is 5. The molecule has 0 unspecified atom stereocenters. The van der Waals surface area contributed by atoms with Gasteiger partial charge in [0.15, 0.2) is 5.78 Å². The van der Waals surface area contributed by atoms with Crippen LogP contribution in [0.1, 0.15) is 161 Å². The van der Waals surface area contributed by atoms with E-state index in [2.05, 4.69) is 68.4 Å². The Morgan fingerprint density at radius 3 is 2.20 bits per heavy atom. The zero-order valence-corrected chi connectivity index (χ0v) is 39.4. The van der Waals surface area contributed by atoms with Crippen molar-refractivity contribution in [3.63, 3.8) is 0 Å². The quantitative estimate of drug-likeness (QED) is 0.0610. The van der Waals surface area contributed by atoms with Crippen LogP contribution in [-0.4, -0.2) is 54.5 Å². The summed E-state index contributed by atoms with van der Waals surface area (Å²) in [6.07, 6.45) is 17.4. The summed E-state index contributed by atoms with van der Waals surface area (Å²) < 4.78 is 11.0. The van der Waals surface area contributed by atoms with Crippen molar-refractivity contribution >= 4 is 64.6 Å². The Morgan fingerprint density at radius 2 is 1.52 bits per heavy atom. The number of Topliss-reactive ketones (excluding diaryl/α,β-unsaturated/α-hetero) is 1. The van der Waals surface area contributed by atoms with E-state index in [-0.39, 0.29) is 59.7 Å². The number of rotatable bonds is 16. The van der Waals surface area contributed by atoms with Gasteiger partial charge in [-0.05, 0) is 89.5 Å². The Kier molecular flexibility index (Phi) is 15.9. The maximum absolute atomic E-state index is 14.3. The second-order valence-corrected chi connectivity index (χ2v) is 17.6. The molecule has 0 spiro atoms. The minimum absolute atomic E-state index is 0. The predicted molar refractivity (Wildman–Crippen MR) is 241 cm³/mol. The maximum Gasteiger partial charge on any atom is 2.00 e. The topological polar surface area (TPSA) is 126 Å². The van der Waals surface area contributed by atoms with Gasteiger partial charge in [0, 0.05) is 12.0 Å². The maximum atomic E-state index is 14.3. The average Bonchev–Trinajstić information content (AvgIpc) is 3.94. The minimum atomic E-state index is -1.20. The Labute approximate surface area is 373 Å². The molecule has 10 heteroatoms. The van der Waals surface area contributed by atoms with Gasteiger partial charge in [0.2, 0.25) is 0 Å². The van der Waals surface area contributed by atoms with Crippen molar-refractivity contribution in [1.82, 2.24) is 15.0 Å². The number of carbonyl (C=O) groups excluding carboxylic acids is 3. The zero-order chi connectivity index (χ0) is 42.7. The molecule has 3 aromatic heterocycles. The molecule has 0 amide bonds. The van der Waals surface area contributed by atoms with E-state index in [4.69, 9.17) is 29.7 Å². The van der Waals surface area contributed by atoms with E-state index in [0.29, 0.717) is 40.2 Å². The molecule has 8 bridgehead atoms. The minimum Gasteiger partial charge on any atom is -0.664 e. The Morgan fingerprint density at radius 1 is 0.833 bits per heavy atom. The van der Waals surface area contributed by atoms with Crippen LogP contribution in [0.25, 0.3) is 29.1 Å². The van der Waals surface area contributed by atoms with E-state index < -0.39 is 11.9 Å². The van der Waals surface area contributed by atoms with Gasteiger partial charge in [0.05, 0.1) is 7.11 Å². The van der Waals surface area contributed by atoms with Gasteiger partial charge in [0.25, 0.3) is 0 Å². The van der Waals surface area contributed by atoms with Crippen molar-refractivity contribution in [1.29, 1.82) is 0 Å². The van der Waals surface area contributed by atoms with Crippen LogP contribution in [0.5, 0.6) is 0 Å². The van der Waals surface area contributed by atoms with Gasteiger partial charge in [0.1, 0.15) is 12.5 Å². The fraction of sp³-hybridized carbons (Fsp3) is 0.540. The number of ether oxygens (including phenoxy) is 2. The van der Waals surface area contributed by atoms with Gasteiger partial charge in [-0.15, -0.1) is 33.5 Å². The molecule has 0 aromatic carbocycles. The summed E-state index contributed by atoms with van der Waals surface area (Å²) in [7, 11) is 1.30. The van der Waals surface area contributed by atoms with Crippen molar-refractivity contribution in [2.24, 2.45) is 29.6 Å². The molecule has 1 saturated heterocycles. The monoisotopic (exact) mass is 824 g/mol. The van der Waals surface area contributed by atoms with Crippen LogP contribution in [0.3, 0.4) is 0 Å². The molecule has 3 aromatic rings. The van der Waals surface area contributed by atoms with Gasteiger partial charge in [-0.3, -0.25) is 14.4 Å². The first-order valence-electron chi connectivity index (χ1n) is 22.0. The predicted octanol–water partition coefficient (Wildman–Crippen LogP) is 8.48. The molecule has 5 heterocycles. The van der Waals surface area contributed by atoms with E-state index >= 15 is 0 Å². The van der Waals surface area contributed by atoms with Crippen LogP contribution < -0.4 is 25.7 Å². The van der Waals surface area contributed by atoms with Crippen LogP contribution in [0.4, 0.5) is 0 Å². The smallest absolute Gasteiger partial charge is 0.664 e. The third-order valence-electron chi connectivity index (χ3n) is 13.1. The van der Waals surface area contributed by atoms with Crippen molar-refractivity contribution in [2.45, 2.75) is 133 Å². The number of allylic oxidation sites excluding steroid dienone is 3. The van der Waals surface area contributed by atoms with Gasteiger partial charge < -0.3 is 29.7 Å². The van der Waals surface area contributed by atoms with Crippen LogP contribution in [0.2, 0.25) is 0 Å². The molecule has 3 aliphatic rings. The van der Waals surface area contributed by atoms with E-state index in [0.717, 1.165) is 87.6 Å². The van der Waals surface area contributed by atoms with Gasteiger partial charge in [-0.2, -0.15) is 11.4 Å². The number of fused-ring (bicyclic) bond motifs is 7.